The number of primary amides is 1. The highest BCUT2D eigenvalue weighted by Gasteiger charge is 2.29. The minimum Gasteiger partial charge on any atom is -0.379 e. The third-order valence-electron chi connectivity index (χ3n) is 4.00. The van der Waals surface area contributed by atoms with Gasteiger partial charge in [0.1, 0.15) is 5.69 Å². The lowest BCUT2D eigenvalue weighted by atomic mass is 9.89. The van der Waals surface area contributed by atoms with Crippen LogP contribution in [0.2, 0.25) is 0 Å². The molecule has 1 aromatic rings. The van der Waals surface area contributed by atoms with Crippen molar-refractivity contribution < 1.29 is 9.72 Å². The molecule has 1 amide bonds. The van der Waals surface area contributed by atoms with Gasteiger partial charge in [-0.15, -0.1) is 0 Å². The Morgan fingerprint density at radius 3 is 2.65 bits per heavy atom. The molecule has 0 saturated heterocycles. The molecule has 1 fully saturated rings. The standard InChI is InChI=1S/C14H19N3O3/c1-14(6-2-3-7-14)9-16-11-5-4-10(13(15)18)8-12(11)17(19)20/h4-5,8,16H,2-3,6-7,9H2,1H3,(H2,15,18). The minimum absolute atomic E-state index is 0.108. The van der Waals surface area contributed by atoms with Gasteiger partial charge in [0.05, 0.1) is 4.92 Å². The Hall–Kier alpha value is -2.11. The molecule has 0 radical (unpaired) electrons. The molecule has 2 rings (SSSR count). The first kappa shape index (κ1) is 14.3. The van der Waals surface area contributed by atoms with Gasteiger partial charge in [0, 0.05) is 18.2 Å². The molecule has 0 unspecified atom stereocenters. The van der Waals surface area contributed by atoms with E-state index in [1.54, 1.807) is 6.07 Å². The van der Waals surface area contributed by atoms with Crippen molar-refractivity contribution in [3.8, 4) is 0 Å². The van der Waals surface area contributed by atoms with Crippen molar-refractivity contribution in [2.24, 2.45) is 11.1 Å². The van der Waals surface area contributed by atoms with Crippen molar-refractivity contribution in [2.45, 2.75) is 32.6 Å². The minimum atomic E-state index is -0.664. The van der Waals surface area contributed by atoms with Gasteiger partial charge in [-0.05, 0) is 30.4 Å². The van der Waals surface area contributed by atoms with Crippen molar-refractivity contribution in [2.75, 3.05) is 11.9 Å². The average Bonchev–Trinajstić information content (AvgIpc) is 2.83. The van der Waals surface area contributed by atoms with Crippen molar-refractivity contribution >= 4 is 17.3 Å². The van der Waals surface area contributed by atoms with E-state index in [0.717, 1.165) is 12.8 Å². The molecule has 0 bridgehead atoms. The lowest BCUT2D eigenvalue weighted by Gasteiger charge is -2.24. The molecule has 3 N–H and O–H groups in total. The van der Waals surface area contributed by atoms with E-state index >= 15 is 0 Å². The number of nitrogens with two attached hydrogens (primary N) is 1. The number of nitrogens with zero attached hydrogens (tertiary/aromatic N) is 1. The van der Waals surface area contributed by atoms with E-state index in [2.05, 4.69) is 12.2 Å². The van der Waals surface area contributed by atoms with Crippen LogP contribution in [0.3, 0.4) is 0 Å². The maximum atomic E-state index is 11.1. The lowest BCUT2D eigenvalue weighted by molar-refractivity contribution is -0.384. The maximum Gasteiger partial charge on any atom is 0.293 e. The molecule has 0 heterocycles. The second-order valence-corrected chi connectivity index (χ2v) is 5.72. The maximum absolute atomic E-state index is 11.1. The summed E-state index contributed by atoms with van der Waals surface area (Å²) in [5, 5.41) is 14.2. The Labute approximate surface area is 117 Å². The molecule has 6 nitrogen and oxygen atoms in total. The number of carbonyl (C=O) groups excluding carboxylic acids is 1. The fourth-order valence-corrected chi connectivity index (χ4v) is 2.70. The Balaban J connectivity index is 2.18. The summed E-state index contributed by atoms with van der Waals surface area (Å²) in [5.74, 6) is -0.664. The zero-order chi connectivity index (χ0) is 14.8. The van der Waals surface area contributed by atoms with Crippen molar-refractivity contribution in [3.05, 3.63) is 33.9 Å². The summed E-state index contributed by atoms with van der Waals surface area (Å²) in [5.41, 5.74) is 5.81. The fraction of sp³-hybridized carbons (Fsp3) is 0.500. The normalized spacial score (nSPS) is 16.9. The van der Waals surface area contributed by atoms with Crippen LogP contribution in [0.4, 0.5) is 11.4 Å². The molecule has 0 atom stereocenters. The number of hydrogen-bond acceptors (Lipinski definition) is 4. The SMILES string of the molecule is CC1(CNc2ccc(C(N)=O)cc2[N+](=O)[O-])CCCC1. The highest BCUT2D eigenvalue weighted by molar-refractivity contribution is 5.94. The van der Waals surface area contributed by atoms with Crippen LogP contribution in [-0.4, -0.2) is 17.4 Å². The van der Waals surface area contributed by atoms with Crippen molar-refractivity contribution in [1.82, 2.24) is 0 Å². The number of rotatable bonds is 5. The van der Waals surface area contributed by atoms with Crippen LogP contribution in [0.1, 0.15) is 43.0 Å². The molecule has 0 aliphatic heterocycles. The fourth-order valence-electron chi connectivity index (χ4n) is 2.70. The monoisotopic (exact) mass is 277 g/mol. The molecule has 1 aliphatic rings. The number of nitro groups is 1. The summed E-state index contributed by atoms with van der Waals surface area (Å²) in [4.78, 5) is 21.7. The molecule has 1 saturated carbocycles. The second kappa shape index (κ2) is 5.48. The van der Waals surface area contributed by atoms with Gasteiger partial charge in [-0.25, -0.2) is 0 Å². The van der Waals surface area contributed by atoms with E-state index < -0.39 is 10.8 Å². The van der Waals surface area contributed by atoms with Gasteiger partial charge >= 0.3 is 0 Å². The van der Waals surface area contributed by atoms with Crippen LogP contribution in [0, 0.1) is 15.5 Å². The van der Waals surface area contributed by atoms with E-state index in [0.29, 0.717) is 12.2 Å². The summed E-state index contributed by atoms with van der Waals surface area (Å²) in [7, 11) is 0. The van der Waals surface area contributed by atoms with Crippen LogP contribution >= 0.6 is 0 Å². The third kappa shape index (κ3) is 3.07. The number of benzene rings is 1. The quantitative estimate of drug-likeness (QED) is 0.638. The van der Waals surface area contributed by atoms with E-state index in [4.69, 9.17) is 5.73 Å². The third-order valence-corrected chi connectivity index (χ3v) is 4.00. The molecule has 108 valence electrons. The van der Waals surface area contributed by atoms with Gasteiger partial charge < -0.3 is 11.1 Å². The highest BCUT2D eigenvalue weighted by Crippen LogP contribution is 2.38. The smallest absolute Gasteiger partial charge is 0.293 e. The van der Waals surface area contributed by atoms with E-state index in [1.165, 1.54) is 25.0 Å². The zero-order valence-corrected chi connectivity index (χ0v) is 11.5. The van der Waals surface area contributed by atoms with Gasteiger partial charge in [-0.1, -0.05) is 19.8 Å². The lowest BCUT2D eigenvalue weighted by Crippen LogP contribution is -2.23. The first-order valence-corrected chi connectivity index (χ1v) is 6.73. The van der Waals surface area contributed by atoms with Gasteiger partial charge in [-0.2, -0.15) is 0 Å². The Bertz CT molecular complexity index is 536. The molecule has 0 spiro atoms. The molecule has 20 heavy (non-hydrogen) atoms. The molecule has 6 heteroatoms. The molecule has 1 aromatic carbocycles. The number of carbonyl (C=O) groups is 1. The zero-order valence-electron chi connectivity index (χ0n) is 11.5. The topological polar surface area (TPSA) is 98.3 Å². The number of nitrogens with one attached hydrogen (secondary N) is 1. The first-order valence-electron chi connectivity index (χ1n) is 6.73. The summed E-state index contributed by atoms with van der Waals surface area (Å²) in [6, 6.07) is 4.28. The van der Waals surface area contributed by atoms with Crippen LogP contribution in [0.15, 0.2) is 18.2 Å². The van der Waals surface area contributed by atoms with Gasteiger partial charge in [-0.3, -0.25) is 14.9 Å². The van der Waals surface area contributed by atoms with Gasteiger partial charge in [0.2, 0.25) is 5.91 Å². The van der Waals surface area contributed by atoms with Gasteiger partial charge in [0.25, 0.3) is 5.69 Å². The summed E-state index contributed by atoms with van der Waals surface area (Å²) >= 11 is 0. The van der Waals surface area contributed by atoms with Crippen LogP contribution in [-0.2, 0) is 0 Å². The predicted molar refractivity (Wildman–Crippen MR) is 76.7 cm³/mol. The highest BCUT2D eigenvalue weighted by atomic mass is 16.6. The van der Waals surface area contributed by atoms with Gasteiger partial charge in [0.15, 0.2) is 0 Å². The number of nitro benzene ring substituents is 1. The average molecular weight is 277 g/mol. The van der Waals surface area contributed by atoms with Crippen molar-refractivity contribution in [1.29, 1.82) is 0 Å². The van der Waals surface area contributed by atoms with Crippen LogP contribution < -0.4 is 11.1 Å². The Morgan fingerprint density at radius 1 is 1.45 bits per heavy atom. The van der Waals surface area contributed by atoms with E-state index in [9.17, 15) is 14.9 Å². The molecule has 0 aromatic heterocycles. The number of amides is 1. The number of hydrogen-bond donors (Lipinski definition) is 2. The largest absolute Gasteiger partial charge is 0.379 e. The Kier molecular flexibility index (Phi) is 3.92. The molecular weight excluding hydrogens is 258 g/mol. The first-order chi connectivity index (χ1) is 9.41. The molecular formula is C14H19N3O3. The molecule has 1 aliphatic carbocycles. The van der Waals surface area contributed by atoms with E-state index in [-0.39, 0.29) is 16.7 Å². The van der Waals surface area contributed by atoms with Crippen LogP contribution in [0.5, 0.6) is 0 Å². The second-order valence-electron chi connectivity index (χ2n) is 5.72. The number of anilines is 1. The van der Waals surface area contributed by atoms with E-state index in [1.807, 2.05) is 0 Å². The predicted octanol–water partition coefficient (Wildman–Crippen LogP) is 2.69. The van der Waals surface area contributed by atoms with Crippen molar-refractivity contribution in [3.63, 3.8) is 0 Å². The summed E-state index contributed by atoms with van der Waals surface area (Å²) < 4.78 is 0. The van der Waals surface area contributed by atoms with Crippen LogP contribution in [0.25, 0.3) is 0 Å². The summed E-state index contributed by atoms with van der Waals surface area (Å²) in [6.45, 7) is 2.89. The summed E-state index contributed by atoms with van der Waals surface area (Å²) in [6.07, 6.45) is 4.68. The Morgan fingerprint density at radius 2 is 2.10 bits per heavy atom.